The zero-order chi connectivity index (χ0) is 6.04. The molecule has 3 heteroatoms. The molecule has 0 radical (unpaired) electrons. The first-order valence-electron chi connectivity index (χ1n) is 2.53. The van der Waals surface area contributed by atoms with E-state index in [1.54, 1.807) is 6.07 Å². The van der Waals surface area contributed by atoms with Crippen molar-refractivity contribution in [3.63, 3.8) is 0 Å². The molecule has 0 unspecified atom stereocenters. The minimum absolute atomic E-state index is 0.0278. The lowest BCUT2D eigenvalue weighted by Crippen LogP contribution is -2.55. The fraction of sp³-hybridized carbons (Fsp3) is 0.800. The Kier molecular flexibility index (Phi) is 1.18. The van der Waals surface area contributed by atoms with Gasteiger partial charge in [0.1, 0.15) is 5.67 Å². The van der Waals surface area contributed by atoms with E-state index in [-0.39, 0.29) is 6.42 Å². The fourth-order valence-corrected chi connectivity index (χ4v) is 0.663. The van der Waals surface area contributed by atoms with Crippen LogP contribution >= 0.6 is 0 Å². The van der Waals surface area contributed by atoms with Gasteiger partial charge in [-0.1, -0.05) is 0 Å². The molecule has 1 aliphatic rings. The van der Waals surface area contributed by atoms with Crippen molar-refractivity contribution in [3.05, 3.63) is 0 Å². The molecule has 8 heavy (non-hydrogen) atoms. The van der Waals surface area contributed by atoms with Crippen LogP contribution in [0.15, 0.2) is 0 Å². The van der Waals surface area contributed by atoms with Gasteiger partial charge in [0.25, 0.3) is 0 Å². The zero-order valence-electron chi connectivity index (χ0n) is 4.45. The van der Waals surface area contributed by atoms with Crippen molar-refractivity contribution >= 4 is 0 Å². The summed E-state index contributed by atoms with van der Waals surface area (Å²) in [5.74, 6) is 0. The molecule has 0 aliphatic carbocycles. The Morgan fingerprint density at radius 3 is 2.50 bits per heavy atom. The van der Waals surface area contributed by atoms with E-state index in [9.17, 15) is 4.39 Å². The van der Waals surface area contributed by atoms with E-state index in [1.165, 1.54) is 0 Å². The first-order chi connectivity index (χ1) is 3.77. The molecule has 0 bridgehead atoms. The van der Waals surface area contributed by atoms with Crippen LogP contribution in [0.2, 0.25) is 0 Å². The van der Waals surface area contributed by atoms with Crippen LogP contribution in [-0.4, -0.2) is 18.8 Å². The van der Waals surface area contributed by atoms with Crippen molar-refractivity contribution in [2.24, 2.45) is 0 Å². The summed E-state index contributed by atoms with van der Waals surface area (Å²) >= 11 is 0. The van der Waals surface area contributed by atoms with Crippen LogP contribution in [0.4, 0.5) is 4.39 Å². The third-order valence-electron chi connectivity index (χ3n) is 1.28. The highest BCUT2D eigenvalue weighted by Gasteiger charge is 2.36. The topological polar surface area (TPSA) is 35.8 Å². The fourth-order valence-electron chi connectivity index (χ4n) is 0.663. The number of rotatable bonds is 1. The normalized spacial score (nSPS) is 23.5. The van der Waals surface area contributed by atoms with Gasteiger partial charge in [-0.3, -0.25) is 0 Å². The van der Waals surface area contributed by atoms with Crippen LogP contribution in [0.3, 0.4) is 0 Å². The van der Waals surface area contributed by atoms with Gasteiger partial charge in [-0.25, -0.2) is 4.39 Å². The summed E-state index contributed by atoms with van der Waals surface area (Å²) < 4.78 is 12.6. The van der Waals surface area contributed by atoms with Crippen LogP contribution in [0.5, 0.6) is 0 Å². The lowest BCUT2D eigenvalue weighted by atomic mass is 9.96. The maximum absolute atomic E-state index is 12.6. The van der Waals surface area contributed by atoms with Gasteiger partial charge in [0, 0.05) is 13.1 Å². The van der Waals surface area contributed by atoms with Gasteiger partial charge < -0.3 is 5.32 Å². The quantitative estimate of drug-likeness (QED) is 0.529. The minimum atomic E-state index is -1.20. The summed E-state index contributed by atoms with van der Waals surface area (Å²) in [7, 11) is 0. The number of nitrogens with zero attached hydrogens (tertiary/aromatic N) is 1. The first-order valence-corrected chi connectivity index (χ1v) is 2.53. The van der Waals surface area contributed by atoms with Crippen LogP contribution in [-0.2, 0) is 0 Å². The van der Waals surface area contributed by atoms with Crippen molar-refractivity contribution in [1.29, 1.82) is 5.26 Å². The van der Waals surface area contributed by atoms with Crippen molar-refractivity contribution in [1.82, 2.24) is 5.32 Å². The smallest absolute Gasteiger partial charge is 0.148 e. The maximum atomic E-state index is 12.6. The Morgan fingerprint density at radius 2 is 2.38 bits per heavy atom. The molecular formula is C5H7FN2. The van der Waals surface area contributed by atoms with Gasteiger partial charge in [-0.15, -0.1) is 0 Å². The van der Waals surface area contributed by atoms with Gasteiger partial charge >= 0.3 is 0 Å². The van der Waals surface area contributed by atoms with Gasteiger partial charge in [-0.05, 0) is 0 Å². The molecule has 1 heterocycles. The molecular weight excluding hydrogens is 107 g/mol. The van der Waals surface area contributed by atoms with Gasteiger partial charge in [-0.2, -0.15) is 5.26 Å². The van der Waals surface area contributed by atoms with Crippen LogP contribution in [0.1, 0.15) is 6.42 Å². The summed E-state index contributed by atoms with van der Waals surface area (Å²) in [5, 5.41) is 10.8. The van der Waals surface area contributed by atoms with Crippen molar-refractivity contribution in [3.8, 4) is 6.07 Å². The monoisotopic (exact) mass is 114 g/mol. The molecule has 44 valence electrons. The van der Waals surface area contributed by atoms with Crippen molar-refractivity contribution < 1.29 is 4.39 Å². The zero-order valence-corrected chi connectivity index (χ0v) is 4.45. The maximum Gasteiger partial charge on any atom is 0.148 e. The largest absolute Gasteiger partial charge is 0.310 e. The van der Waals surface area contributed by atoms with Crippen molar-refractivity contribution in [2.75, 3.05) is 13.1 Å². The lowest BCUT2D eigenvalue weighted by molar-refractivity contribution is 0.0963. The molecule has 1 N–H and O–H groups in total. The molecule has 1 rings (SSSR count). The molecule has 0 aromatic carbocycles. The highest BCUT2D eigenvalue weighted by atomic mass is 19.1. The summed E-state index contributed by atoms with van der Waals surface area (Å²) in [6.07, 6.45) is 0.0278. The molecule has 0 aromatic heterocycles. The molecule has 1 aliphatic heterocycles. The molecule has 0 atom stereocenters. The summed E-state index contributed by atoms with van der Waals surface area (Å²) in [6, 6.07) is 1.80. The second-order valence-corrected chi connectivity index (χ2v) is 2.09. The second-order valence-electron chi connectivity index (χ2n) is 2.09. The number of hydrogen-bond acceptors (Lipinski definition) is 2. The number of nitriles is 1. The number of halogens is 1. The summed E-state index contributed by atoms with van der Waals surface area (Å²) in [5.41, 5.74) is -1.20. The van der Waals surface area contributed by atoms with Crippen LogP contribution < -0.4 is 5.32 Å². The number of hydrogen-bond donors (Lipinski definition) is 1. The number of nitrogens with one attached hydrogen (secondary N) is 1. The molecule has 0 saturated carbocycles. The predicted molar refractivity (Wildman–Crippen MR) is 26.9 cm³/mol. The van der Waals surface area contributed by atoms with E-state index in [0.29, 0.717) is 13.1 Å². The van der Waals surface area contributed by atoms with E-state index >= 15 is 0 Å². The summed E-state index contributed by atoms with van der Waals surface area (Å²) in [6.45, 7) is 0.696. The number of alkyl halides is 1. The Bertz CT molecular complexity index is 123. The minimum Gasteiger partial charge on any atom is -0.310 e. The lowest BCUT2D eigenvalue weighted by Gasteiger charge is -2.32. The highest BCUT2D eigenvalue weighted by Crippen LogP contribution is 2.19. The van der Waals surface area contributed by atoms with E-state index in [0.717, 1.165) is 0 Å². The standard InChI is InChI=1S/C5H7FN2/c6-5(1-2-7)3-8-4-5/h8H,1,3-4H2. The second kappa shape index (κ2) is 1.71. The van der Waals surface area contributed by atoms with Gasteiger partial charge in [0.15, 0.2) is 0 Å². The summed E-state index contributed by atoms with van der Waals surface area (Å²) in [4.78, 5) is 0. The van der Waals surface area contributed by atoms with E-state index in [1.807, 2.05) is 0 Å². The third-order valence-corrected chi connectivity index (χ3v) is 1.28. The Labute approximate surface area is 47.3 Å². The Balaban J connectivity index is 2.33. The average Bonchev–Trinajstić information content (AvgIpc) is 1.64. The predicted octanol–water partition coefficient (Wildman–Crippen LogP) is 0.212. The SMILES string of the molecule is N#CCC1(F)CNC1. The van der Waals surface area contributed by atoms with E-state index < -0.39 is 5.67 Å². The molecule has 0 amide bonds. The van der Waals surface area contributed by atoms with Crippen molar-refractivity contribution in [2.45, 2.75) is 12.1 Å². The molecule has 2 nitrogen and oxygen atoms in total. The first kappa shape index (κ1) is 5.52. The molecule has 0 aromatic rings. The molecule has 1 saturated heterocycles. The molecule has 0 spiro atoms. The van der Waals surface area contributed by atoms with E-state index in [2.05, 4.69) is 5.32 Å². The van der Waals surface area contributed by atoms with Crippen LogP contribution in [0.25, 0.3) is 0 Å². The average molecular weight is 114 g/mol. The Morgan fingerprint density at radius 1 is 1.75 bits per heavy atom. The van der Waals surface area contributed by atoms with Gasteiger partial charge in [0.05, 0.1) is 12.5 Å². The highest BCUT2D eigenvalue weighted by molar-refractivity contribution is 4.99. The van der Waals surface area contributed by atoms with Crippen LogP contribution in [0, 0.1) is 11.3 Å². The van der Waals surface area contributed by atoms with Gasteiger partial charge in [0.2, 0.25) is 0 Å². The van der Waals surface area contributed by atoms with E-state index in [4.69, 9.17) is 5.26 Å². The molecule has 1 fully saturated rings. The third kappa shape index (κ3) is 0.797. The Hall–Kier alpha value is -0.620.